The van der Waals surface area contributed by atoms with E-state index in [9.17, 15) is 13.9 Å². The third-order valence-corrected chi connectivity index (χ3v) is 6.86. The van der Waals surface area contributed by atoms with Crippen LogP contribution in [0.2, 0.25) is 0 Å². The number of hydrogen-bond acceptors (Lipinski definition) is 3. The van der Waals surface area contributed by atoms with Gasteiger partial charge in [-0.3, -0.25) is 0 Å². The van der Waals surface area contributed by atoms with E-state index in [4.69, 9.17) is 9.47 Å². The van der Waals surface area contributed by atoms with Crippen LogP contribution in [0.3, 0.4) is 0 Å². The Morgan fingerprint density at radius 1 is 1.00 bits per heavy atom. The third-order valence-electron chi connectivity index (χ3n) is 6.86. The van der Waals surface area contributed by atoms with E-state index in [1.807, 2.05) is 0 Å². The summed E-state index contributed by atoms with van der Waals surface area (Å²) in [5, 5.41) is 10.2. The van der Waals surface area contributed by atoms with Gasteiger partial charge in [-0.1, -0.05) is 18.2 Å². The zero-order valence-corrected chi connectivity index (χ0v) is 16.8. The van der Waals surface area contributed by atoms with Gasteiger partial charge in [-0.15, -0.1) is 0 Å². The highest BCUT2D eigenvalue weighted by Crippen LogP contribution is 2.52. The fourth-order valence-corrected chi connectivity index (χ4v) is 5.06. The van der Waals surface area contributed by atoms with Crippen molar-refractivity contribution in [3.63, 3.8) is 0 Å². The standard InChI is InChI=1S/C25H26F2O3/c26-20-6-3-18(4-7-20)25-12-17(15-30-24(25)10-5-19(25)13-28)22-11-21(27)8-9-23(22)29-14-16-1-2-16/h3-4,6-9,11-12,16,19,24,28H,1-2,5,10,13-15H2/t19?,24-,25+/m0/s1. The van der Waals surface area contributed by atoms with E-state index in [1.165, 1.54) is 37.1 Å². The largest absolute Gasteiger partial charge is 0.493 e. The van der Waals surface area contributed by atoms with Gasteiger partial charge in [0.2, 0.25) is 0 Å². The molecule has 2 saturated carbocycles. The third kappa shape index (κ3) is 3.44. The first-order valence-corrected chi connectivity index (χ1v) is 10.7. The second kappa shape index (κ2) is 7.78. The van der Waals surface area contributed by atoms with Gasteiger partial charge in [0.05, 0.1) is 19.3 Å². The molecule has 158 valence electrons. The molecule has 3 atom stereocenters. The summed E-state index contributed by atoms with van der Waals surface area (Å²) in [5.41, 5.74) is 1.88. The second-order valence-corrected chi connectivity index (χ2v) is 8.76. The van der Waals surface area contributed by atoms with Gasteiger partial charge >= 0.3 is 0 Å². The molecule has 0 saturated heterocycles. The van der Waals surface area contributed by atoms with Crippen LogP contribution in [0.5, 0.6) is 5.75 Å². The molecule has 1 heterocycles. The maximum atomic E-state index is 14.2. The molecule has 1 unspecified atom stereocenters. The lowest BCUT2D eigenvalue weighted by Crippen LogP contribution is -2.44. The van der Waals surface area contributed by atoms with E-state index in [-0.39, 0.29) is 30.3 Å². The van der Waals surface area contributed by atoms with Gasteiger partial charge in [0.1, 0.15) is 17.4 Å². The number of rotatable bonds is 6. The summed E-state index contributed by atoms with van der Waals surface area (Å²) < 4.78 is 40.1. The van der Waals surface area contributed by atoms with Gasteiger partial charge in [0, 0.05) is 17.6 Å². The lowest BCUT2D eigenvalue weighted by molar-refractivity contribution is 0.0221. The molecule has 0 spiro atoms. The van der Waals surface area contributed by atoms with Gasteiger partial charge in [0.25, 0.3) is 0 Å². The maximum absolute atomic E-state index is 14.2. The minimum atomic E-state index is -0.573. The molecular formula is C25H26F2O3. The van der Waals surface area contributed by atoms with Crippen molar-refractivity contribution < 1.29 is 23.4 Å². The van der Waals surface area contributed by atoms with E-state index >= 15 is 0 Å². The minimum Gasteiger partial charge on any atom is -0.493 e. The van der Waals surface area contributed by atoms with Gasteiger partial charge in [-0.2, -0.15) is 0 Å². The zero-order chi connectivity index (χ0) is 20.7. The van der Waals surface area contributed by atoms with Crippen LogP contribution in [0.4, 0.5) is 8.78 Å². The van der Waals surface area contributed by atoms with Crippen molar-refractivity contribution in [2.45, 2.75) is 37.2 Å². The van der Waals surface area contributed by atoms with Crippen molar-refractivity contribution in [3.8, 4) is 5.75 Å². The quantitative estimate of drug-likeness (QED) is 0.735. The molecule has 1 aliphatic heterocycles. The molecule has 1 N–H and O–H groups in total. The first-order valence-electron chi connectivity index (χ1n) is 10.7. The Morgan fingerprint density at radius 2 is 1.77 bits per heavy atom. The van der Waals surface area contributed by atoms with E-state index in [1.54, 1.807) is 18.2 Å². The molecule has 2 aromatic rings. The number of aliphatic hydroxyl groups is 1. The van der Waals surface area contributed by atoms with Crippen LogP contribution in [0, 0.1) is 23.5 Å². The van der Waals surface area contributed by atoms with E-state index in [0.717, 1.165) is 24.0 Å². The Kier molecular flexibility index (Phi) is 5.11. The van der Waals surface area contributed by atoms with Crippen LogP contribution in [-0.4, -0.2) is 31.0 Å². The highest BCUT2D eigenvalue weighted by Gasteiger charge is 2.52. The van der Waals surface area contributed by atoms with Crippen LogP contribution < -0.4 is 4.74 Å². The number of benzene rings is 2. The smallest absolute Gasteiger partial charge is 0.127 e. The van der Waals surface area contributed by atoms with Gasteiger partial charge < -0.3 is 14.6 Å². The molecule has 0 radical (unpaired) electrons. The molecule has 3 nitrogen and oxygen atoms in total. The molecule has 2 fully saturated rings. The Bertz CT molecular complexity index is 951. The van der Waals surface area contributed by atoms with E-state index < -0.39 is 5.41 Å². The molecule has 2 aliphatic carbocycles. The van der Waals surface area contributed by atoms with Crippen LogP contribution >= 0.6 is 0 Å². The fraction of sp³-hybridized carbons (Fsp3) is 0.440. The van der Waals surface area contributed by atoms with Crippen LogP contribution in [0.1, 0.15) is 36.8 Å². The zero-order valence-electron chi connectivity index (χ0n) is 16.8. The Hall–Kier alpha value is -2.24. The van der Waals surface area contributed by atoms with Crippen molar-refractivity contribution >= 4 is 5.57 Å². The average Bonchev–Trinajstić information content (AvgIpc) is 3.51. The SMILES string of the molecule is OCC1CC[C@@H]2OCC(c3cc(F)ccc3OCC3CC3)=C[C@@]12c1ccc(F)cc1. The lowest BCUT2D eigenvalue weighted by Gasteiger charge is -2.42. The molecule has 0 bridgehead atoms. The number of ether oxygens (including phenoxy) is 2. The summed E-state index contributed by atoms with van der Waals surface area (Å²) in [6.07, 6.45) is 6.01. The van der Waals surface area contributed by atoms with Crippen molar-refractivity contribution in [3.05, 3.63) is 71.3 Å². The summed E-state index contributed by atoms with van der Waals surface area (Å²) in [5.74, 6) is 0.569. The monoisotopic (exact) mass is 412 g/mol. The minimum absolute atomic E-state index is 0.00913. The predicted molar refractivity (Wildman–Crippen MR) is 110 cm³/mol. The summed E-state index contributed by atoms with van der Waals surface area (Å²) in [6, 6.07) is 11.0. The van der Waals surface area contributed by atoms with Crippen molar-refractivity contribution in [2.24, 2.45) is 11.8 Å². The lowest BCUT2D eigenvalue weighted by atomic mass is 9.68. The molecule has 30 heavy (non-hydrogen) atoms. The highest BCUT2D eigenvalue weighted by atomic mass is 19.1. The number of aliphatic hydroxyl groups excluding tert-OH is 1. The number of halogens is 2. The Morgan fingerprint density at radius 3 is 2.50 bits per heavy atom. The molecule has 5 heteroatoms. The molecule has 0 aromatic heterocycles. The summed E-state index contributed by atoms with van der Waals surface area (Å²) >= 11 is 0. The summed E-state index contributed by atoms with van der Waals surface area (Å²) in [6.45, 7) is 1.00. The van der Waals surface area contributed by atoms with Gasteiger partial charge in [-0.05, 0) is 79.0 Å². The van der Waals surface area contributed by atoms with Crippen molar-refractivity contribution in [1.29, 1.82) is 0 Å². The molecule has 5 rings (SSSR count). The molecule has 3 aliphatic rings. The van der Waals surface area contributed by atoms with Crippen molar-refractivity contribution in [1.82, 2.24) is 0 Å². The second-order valence-electron chi connectivity index (χ2n) is 8.76. The first kappa shape index (κ1) is 19.7. The summed E-state index contributed by atoms with van der Waals surface area (Å²) in [7, 11) is 0. The number of hydrogen-bond donors (Lipinski definition) is 1. The van der Waals surface area contributed by atoms with Crippen LogP contribution in [0.15, 0.2) is 48.5 Å². The topological polar surface area (TPSA) is 38.7 Å². The van der Waals surface area contributed by atoms with Gasteiger partial charge in [0.15, 0.2) is 0 Å². The molecular weight excluding hydrogens is 386 g/mol. The normalized spacial score (nSPS) is 28.2. The molecule has 2 aromatic carbocycles. The Labute approximate surface area is 175 Å². The van der Waals surface area contributed by atoms with E-state index in [2.05, 4.69) is 6.08 Å². The average molecular weight is 412 g/mol. The highest BCUT2D eigenvalue weighted by molar-refractivity contribution is 5.74. The maximum Gasteiger partial charge on any atom is 0.127 e. The van der Waals surface area contributed by atoms with Gasteiger partial charge in [-0.25, -0.2) is 8.78 Å². The van der Waals surface area contributed by atoms with Crippen LogP contribution in [-0.2, 0) is 10.2 Å². The van der Waals surface area contributed by atoms with Crippen LogP contribution in [0.25, 0.3) is 5.57 Å². The first-order chi connectivity index (χ1) is 14.6. The summed E-state index contributed by atoms with van der Waals surface area (Å²) in [4.78, 5) is 0. The number of fused-ring (bicyclic) bond motifs is 1. The molecule has 0 amide bonds. The van der Waals surface area contributed by atoms with E-state index in [0.29, 0.717) is 30.4 Å². The fourth-order valence-electron chi connectivity index (χ4n) is 5.06. The van der Waals surface area contributed by atoms with Crippen molar-refractivity contribution in [2.75, 3.05) is 19.8 Å². The predicted octanol–water partition coefficient (Wildman–Crippen LogP) is 4.88. The Balaban J connectivity index is 1.60.